The van der Waals surface area contributed by atoms with Gasteiger partial charge in [0, 0.05) is 23.2 Å². The van der Waals surface area contributed by atoms with E-state index >= 15 is 0 Å². The third-order valence-electron chi connectivity index (χ3n) is 8.96. The second kappa shape index (κ2) is 9.55. The molecule has 1 atom stereocenters. The molecular weight excluding hydrogens is 450 g/mol. The number of hydrogen-bond donors (Lipinski definition) is 2. The van der Waals surface area contributed by atoms with E-state index in [0.29, 0.717) is 29.0 Å². The average Bonchev–Trinajstić information content (AvgIpc) is 2.86. The summed E-state index contributed by atoms with van der Waals surface area (Å²) >= 11 is 0. The molecule has 2 aromatic rings. The van der Waals surface area contributed by atoms with Gasteiger partial charge in [0.05, 0.1) is 5.69 Å². The fourth-order valence-electron chi connectivity index (χ4n) is 7.77. The molecule has 0 saturated heterocycles. The van der Waals surface area contributed by atoms with E-state index in [2.05, 4.69) is 5.32 Å². The Hall–Kier alpha value is -2.86. The minimum Gasteiger partial charge on any atom is -0.474 e. The van der Waals surface area contributed by atoms with Crippen molar-refractivity contribution in [2.75, 3.05) is 18.0 Å². The number of unbranched alkanes of at least 4 members (excludes halogenated alkanes) is 2. The summed E-state index contributed by atoms with van der Waals surface area (Å²) in [5.41, 5.74) is 7.72. The summed E-state index contributed by atoms with van der Waals surface area (Å²) in [7, 11) is 0. The van der Waals surface area contributed by atoms with Crippen molar-refractivity contribution >= 4 is 17.5 Å². The Morgan fingerprint density at radius 2 is 1.69 bits per heavy atom. The molecule has 4 saturated carbocycles. The maximum atomic E-state index is 13.5. The van der Waals surface area contributed by atoms with E-state index in [1.807, 2.05) is 35.2 Å². The lowest BCUT2D eigenvalue weighted by atomic mass is 9.53. The summed E-state index contributed by atoms with van der Waals surface area (Å²) in [6, 6.07) is 14.6. The number of benzene rings is 2. The summed E-state index contributed by atoms with van der Waals surface area (Å²) in [5, 5.41) is 3.99. The number of amides is 2. The zero-order valence-corrected chi connectivity index (χ0v) is 21.0. The molecule has 4 bridgehead atoms. The van der Waals surface area contributed by atoms with Gasteiger partial charge in [0.25, 0.3) is 5.91 Å². The van der Waals surface area contributed by atoms with E-state index in [1.165, 1.54) is 38.5 Å². The smallest absolute Gasteiger partial charge is 0.272 e. The van der Waals surface area contributed by atoms with Crippen LogP contribution in [0.5, 0.6) is 5.75 Å². The first-order valence-electron chi connectivity index (χ1n) is 13.7. The van der Waals surface area contributed by atoms with E-state index in [0.717, 1.165) is 49.2 Å². The van der Waals surface area contributed by atoms with Crippen molar-refractivity contribution < 1.29 is 14.3 Å². The predicted molar refractivity (Wildman–Crippen MR) is 140 cm³/mol. The van der Waals surface area contributed by atoms with Crippen LogP contribution in [0.3, 0.4) is 0 Å². The van der Waals surface area contributed by atoms with Gasteiger partial charge in [-0.05, 0) is 99.9 Å². The maximum absolute atomic E-state index is 13.5. The van der Waals surface area contributed by atoms with Gasteiger partial charge in [-0.25, -0.2) is 0 Å². The topological polar surface area (TPSA) is 84.7 Å². The molecular formula is C30H37N3O3. The lowest BCUT2D eigenvalue weighted by Gasteiger charge is -2.57. The predicted octanol–water partition coefficient (Wildman–Crippen LogP) is 4.98. The Morgan fingerprint density at radius 3 is 2.42 bits per heavy atom. The van der Waals surface area contributed by atoms with Crippen LogP contribution in [0.4, 0.5) is 5.69 Å². The highest BCUT2D eigenvalue weighted by Gasteiger charge is 2.50. The molecule has 5 aliphatic rings. The molecule has 2 aromatic carbocycles. The lowest BCUT2D eigenvalue weighted by Crippen LogP contribution is -2.58. The van der Waals surface area contributed by atoms with Gasteiger partial charge in [-0.15, -0.1) is 0 Å². The first kappa shape index (κ1) is 23.5. The van der Waals surface area contributed by atoms with Crippen molar-refractivity contribution in [3.05, 3.63) is 59.7 Å². The van der Waals surface area contributed by atoms with Crippen LogP contribution in [0.15, 0.2) is 48.5 Å². The second-order valence-electron chi connectivity index (χ2n) is 11.6. The number of para-hydroxylation sites is 2. The van der Waals surface area contributed by atoms with Gasteiger partial charge in [-0.2, -0.15) is 0 Å². The largest absolute Gasteiger partial charge is 0.474 e. The van der Waals surface area contributed by atoms with Crippen molar-refractivity contribution in [2.24, 2.45) is 23.5 Å². The molecule has 0 radical (unpaired) electrons. The molecule has 0 aromatic heterocycles. The zero-order valence-electron chi connectivity index (χ0n) is 21.0. The fraction of sp³-hybridized carbons (Fsp3) is 0.533. The minimum atomic E-state index is -0.781. The van der Waals surface area contributed by atoms with Crippen LogP contribution in [-0.2, 0) is 4.79 Å². The monoisotopic (exact) mass is 487 g/mol. The molecule has 0 spiro atoms. The Bertz CT molecular complexity index is 1110. The third-order valence-corrected chi connectivity index (χ3v) is 8.96. The van der Waals surface area contributed by atoms with Crippen LogP contribution in [0, 0.1) is 17.8 Å². The number of hydrogen-bond acceptors (Lipinski definition) is 4. The Labute approximate surface area is 213 Å². The third kappa shape index (κ3) is 4.52. The minimum absolute atomic E-state index is 0.0954. The van der Waals surface area contributed by atoms with Crippen LogP contribution in [0.1, 0.15) is 79.8 Å². The second-order valence-corrected chi connectivity index (χ2v) is 11.6. The Kier molecular flexibility index (Phi) is 6.24. The number of rotatable bonds is 9. The number of carbonyl (C=O) groups is 2. The number of fused-ring (bicyclic) bond motifs is 1. The number of anilines is 1. The van der Waals surface area contributed by atoms with Gasteiger partial charge in [0.1, 0.15) is 5.75 Å². The number of primary amides is 1. The molecule has 4 aliphatic carbocycles. The summed E-state index contributed by atoms with van der Waals surface area (Å²) in [5.74, 6) is 2.98. The van der Waals surface area contributed by atoms with Crippen LogP contribution in [-0.4, -0.2) is 30.4 Å². The normalized spacial score (nSPS) is 30.2. The summed E-state index contributed by atoms with van der Waals surface area (Å²) < 4.78 is 6.10. The quantitative estimate of drug-likeness (QED) is 0.489. The highest BCUT2D eigenvalue weighted by atomic mass is 16.5. The number of carbonyl (C=O) groups excluding carboxylic acids is 2. The fourth-order valence-corrected chi connectivity index (χ4v) is 7.77. The number of nitrogens with zero attached hydrogens (tertiary/aromatic N) is 1. The molecule has 7 rings (SSSR count). The van der Waals surface area contributed by atoms with E-state index in [1.54, 1.807) is 18.2 Å². The number of ether oxygens (including phenoxy) is 1. The first-order valence-corrected chi connectivity index (χ1v) is 13.7. The molecule has 2 amide bonds. The van der Waals surface area contributed by atoms with Crippen LogP contribution in [0.25, 0.3) is 0 Å². The Morgan fingerprint density at radius 1 is 0.972 bits per heavy atom. The highest BCUT2D eigenvalue weighted by molar-refractivity contribution is 6.01. The number of nitrogens with two attached hydrogens (primary N) is 1. The standard InChI is InChI=1S/C30H37N3O3/c31-28(34)24-8-6-7-23(16-24)27-29(35)33(25-9-2-3-10-26(25)36-27)12-5-1-4-11-32-30-17-20-13-21(18-30)15-22(14-20)19-30/h2-3,6-10,16,20-22,27,32H,1,4-5,11-15,17-19H2,(H2,31,34). The summed E-state index contributed by atoms with van der Waals surface area (Å²) in [6.45, 7) is 1.73. The molecule has 4 fully saturated rings. The summed E-state index contributed by atoms with van der Waals surface area (Å²) in [6.07, 6.45) is 11.0. The average molecular weight is 488 g/mol. The van der Waals surface area contributed by atoms with Crippen molar-refractivity contribution in [1.29, 1.82) is 0 Å². The van der Waals surface area contributed by atoms with Gasteiger partial charge in [0.2, 0.25) is 12.0 Å². The van der Waals surface area contributed by atoms with Gasteiger partial charge < -0.3 is 20.7 Å². The van der Waals surface area contributed by atoms with E-state index in [4.69, 9.17) is 10.5 Å². The van der Waals surface area contributed by atoms with Crippen molar-refractivity contribution in [3.8, 4) is 5.75 Å². The van der Waals surface area contributed by atoms with Crippen molar-refractivity contribution in [3.63, 3.8) is 0 Å². The van der Waals surface area contributed by atoms with Crippen molar-refractivity contribution in [2.45, 2.75) is 69.4 Å². The molecule has 1 heterocycles. The molecule has 190 valence electrons. The van der Waals surface area contributed by atoms with Crippen LogP contribution < -0.4 is 20.7 Å². The van der Waals surface area contributed by atoms with Crippen LogP contribution >= 0.6 is 0 Å². The molecule has 1 unspecified atom stereocenters. The molecule has 6 heteroatoms. The van der Waals surface area contributed by atoms with E-state index < -0.39 is 12.0 Å². The zero-order chi connectivity index (χ0) is 24.7. The molecule has 3 N–H and O–H groups in total. The number of nitrogens with one attached hydrogen (secondary N) is 1. The SMILES string of the molecule is NC(=O)c1cccc(C2Oc3ccccc3N(CCCCCNC34CC5CC(CC(C5)C3)C4)C2=O)c1. The van der Waals surface area contributed by atoms with Gasteiger partial charge in [-0.1, -0.05) is 30.7 Å². The molecule has 36 heavy (non-hydrogen) atoms. The van der Waals surface area contributed by atoms with Crippen LogP contribution in [0.2, 0.25) is 0 Å². The Balaban J connectivity index is 1.06. The molecule has 1 aliphatic heterocycles. The first-order chi connectivity index (χ1) is 17.5. The van der Waals surface area contributed by atoms with E-state index in [9.17, 15) is 9.59 Å². The van der Waals surface area contributed by atoms with Gasteiger partial charge >= 0.3 is 0 Å². The van der Waals surface area contributed by atoms with E-state index in [-0.39, 0.29) is 5.91 Å². The summed E-state index contributed by atoms with van der Waals surface area (Å²) in [4.78, 5) is 27.0. The molecule has 6 nitrogen and oxygen atoms in total. The van der Waals surface area contributed by atoms with Crippen molar-refractivity contribution in [1.82, 2.24) is 5.32 Å². The van der Waals surface area contributed by atoms with Gasteiger partial charge in [-0.3, -0.25) is 9.59 Å². The van der Waals surface area contributed by atoms with Gasteiger partial charge in [0.15, 0.2) is 0 Å². The highest BCUT2D eigenvalue weighted by Crippen LogP contribution is 2.55. The lowest BCUT2D eigenvalue weighted by molar-refractivity contribution is -0.126. The maximum Gasteiger partial charge on any atom is 0.272 e.